The number of hydrogen-bond acceptors (Lipinski definition) is 2. The lowest BCUT2D eigenvalue weighted by Crippen LogP contribution is -2.28. The average Bonchev–Trinajstić information content (AvgIpc) is 3.85. The average molecular weight is 660 g/mol. The first-order valence-corrected chi connectivity index (χ1v) is 18.2. The molecule has 6 aromatic carbocycles. The van der Waals surface area contributed by atoms with Crippen molar-refractivity contribution in [1.29, 1.82) is 0 Å². The van der Waals surface area contributed by atoms with Crippen molar-refractivity contribution >= 4 is 0 Å². The lowest BCUT2D eigenvalue weighted by Gasteiger charge is -2.33. The van der Waals surface area contributed by atoms with Crippen LogP contribution in [-0.2, 0) is 5.41 Å². The van der Waals surface area contributed by atoms with Crippen molar-refractivity contribution in [3.8, 4) is 33.9 Å². The molecule has 0 saturated heterocycles. The molecule has 0 atom stereocenters. The summed E-state index contributed by atoms with van der Waals surface area (Å²) in [4.78, 5) is 4.48. The Morgan fingerprint density at radius 1 is 0.380 bits per heavy atom. The number of aromatic amines is 1. The highest BCUT2D eigenvalue weighted by molar-refractivity contribution is 5.86. The molecule has 0 aliphatic heterocycles. The number of nitrogens with one attached hydrogen (secondary N) is 1. The molecule has 50 heavy (non-hydrogen) atoms. The molecule has 8 rings (SSSR count). The third-order valence-electron chi connectivity index (χ3n) is 7.93. The van der Waals surface area contributed by atoms with Gasteiger partial charge in [-0.1, -0.05) is 225 Å². The van der Waals surface area contributed by atoms with Crippen LogP contribution in [0.1, 0.15) is 77.6 Å². The molecule has 0 unspecified atom stereocenters. The van der Waals surface area contributed by atoms with E-state index in [1.54, 1.807) is 0 Å². The molecule has 0 radical (unpaired) electrons. The maximum Gasteiger partial charge on any atom is 0.181 e. The highest BCUT2D eigenvalue weighted by Crippen LogP contribution is 2.55. The first kappa shape index (κ1) is 38.9. The van der Waals surface area contributed by atoms with E-state index in [0.29, 0.717) is 0 Å². The Hall–Kier alpha value is -5.54. The van der Waals surface area contributed by atoms with Gasteiger partial charge in [-0.25, -0.2) is 4.98 Å². The van der Waals surface area contributed by atoms with E-state index < -0.39 is 0 Å². The van der Waals surface area contributed by atoms with Gasteiger partial charge in [-0.15, -0.1) is 0 Å². The smallest absolute Gasteiger partial charge is 0.181 e. The summed E-state index contributed by atoms with van der Waals surface area (Å²) in [6, 6.07) is 59.4. The number of fused-ring (bicyclic) bond motifs is 3. The monoisotopic (exact) mass is 659 g/mol. The number of aromatic nitrogens is 3. The Bertz CT molecular complexity index is 1770. The first-order valence-electron chi connectivity index (χ1n) is 18.2. The van der Waals surface area contributed by atoms with Crippen molar-refractivity contribution in [2.45, 2.75) is 60.8 Å². The van der Waals surface area contributed by atoms with Gasteiger partial charge in [-0.3, -0.25) is 5.10 Å². The number of rotatable bonds is 4. The van der Waals surface area contributed by atoms with Crippen LogP contribution in [0.2, 0.25) is 0 Å². The summed E-state index contributed by atoms with van der Waals surface area (Å²) >= 11 is 0. The molecule has 1 aromatic heterocycles. The van der Waals surface area contributed by atoms with E-state index >= 15 is 0 Å². The van der Waals surface area contributed by atoms with Crippen molar-refractivity contribution in [2.75, 3.05) is 0 Å². The molecule has 0 amide bonds. The van der Waals surface area contributed by atoms with Gasteiger partial charge in [0.15, 0.2) is 11.6 Å². The number of hydrogen-bond donors (Lipinski definition) is 1. The van der Waals surface area contributed by atoms with Crippen molar-refractivity contribution in [3.05, 3.63) is 192 Å². The van der Waals surface area contributed by atoms with Crippen molar-refractivity contribution < 1.29 is 0 Å². The van der Waals surface area contributed by atoms with Gasteiger partial charge in [-0.05, 0) is 33.4 Å². The van der Waals surface area contributed by atoms with Gasteiger partial charge < -0.3 is 0 Å². The molecule has 3 nitrogen and oxygen atoms in total. The van der Waals surface area contributed by atoms with Crippen molar-refractivity contribution in [3.63, 3.8) is 0 Å². The maximum absolute atomic E-state index is 4.48. The van der Waals surface area contributed by atoms with E-state index in [4.69, 9.17) is 0 Å². The summed E-state index contributed by atoms with van der Waals surface area (Å²) in [5.41, 5.74) is 9.86. The second kappa shape index (κ2) is 20.7. The summed E-state index contributed by atoms with van der Waals surface area (Å²) in [6.07, 6.45) is 0. The Morgan fingerprint density at radius 2 is 0.720 bits per heavy atom. The van der Waals surface area contributed by atoms with E-state index in [-0.39, 0.29) is 5.41 Å². The Balaban J connectivity index is 0.000000236. The molecule has 256 valence electrons. The minimum Gasteiger partial charge on any atom is -0.259 e. The van der Waals surface area contributed by atoms with E-state index in [0.717, 1.165) is 22.8 Å². The van der Waals surface area contributed by atoms with Crippen molar-refractivity contribution in [2.24, 2.45) is 0 Å². The van der Waals surface area contributed by atoms with Gasteiger partial charge in [0.1, 0.15) is 0 Å². The third kappa shape index (κ3) is 8.36. The summed E-state index contributed by atoms with van der Waals surface area (Å²) < 4.78 is 0. The summed E-state index contributed by atoms with van der Waals surface area (Å²) in [5, 5.41) is 7.19. The molecule has 0 bridgehead atoms. The number of H-pyrrole nitrogens is 1. The fourth-order valence-electron chi connectivity index (χ4n) is 6.10. The molecule has 1 aliphatic rings. The molecule has 0 fully saturated rings. The molecule has 1 N–H and O–H groups in total. The summed E-state index contributed by atoms with van der Waals surface area (Å²) in [6.45, 7) is 16.0. The molecule has 0 saturated carbocycles. The van der Waals surface area contributed by atoms with Gasteiger partial charge in [0.2, 0.25) is 0 Å². The van der Waals surface area contributed by atoms with Crippen LogP contribution in [0.4, 0.5) is 0 Å². The van der Waals surface area contributed by atoms with E-state index in [1.165, 1.54) is 33.4 Å². The van der Waals surface area contributed by atoms with Crippen LogP contribution in [0.25, 0.3) is 33.9 Å². The number of nitrogens with zero attached hydrogens (tertiary/aromatic N) is 2. The zero-order valence-electron chi connectivity index (χ0n) is 31.1. The normalized spacial score (nSPS) is 11.0. The minimum absolute atomic E-state index is 0.254. The van der Waals surface area contributed by atoms with E-state index in [2.05, 4.69) is 124 Å². The van der Waals surface area contributed by atoms with Crippen molar-refractivity contribution in [1.82, 2.24) is 15.2 Å². The second-order valence-electron chi connectivity index (χ2n) is 10.3. The van der Waals surface area contributed by atoms with Crippen LogP contribution in [0.5, 0.6) is 0 Å². The van der Waals surface area contributed by atoms with Crippen LogP contribution in [-0.4, -0.2) is 15.2 Å². The fraction of sp³-hybridized carbons (Fsp3) is 0.191. The molecule has 7 aromatic rings. The minimum atomic E-state index is -0.254. The van der Waals surface area contributed by atoms with Gasteiger partial charge >= 0.3 is 0 Å². The molecule has 3 heteroatoms. The second-order valence-corrected chi connectivity index (χ2v) is 10.3. The van der Waals surface area contributed by atoms with Crippen LogP contribution >= 0.6 is 0 Å². The van der Waals surface area contributed by atoms with Crippen LogP contribution in [0.15, 0.2) is 170 Å². The zero-order chi connectivity index (χ0) is 36.2. The first-order chi connectivity index (χ1) is 24.9. The topological polar surface area (TPSA) is 41.6 Å². The largest absolute Gasteiger partial charge is 0.259 e. The summed E-state index contributed by atoms with van der Waals surface area (Å²) in [7, 11) is 0. The van der Waals surface area contributed by atoms with Gasteiger partial charge in [0, 0.05) is 11.1 Å². The zero-order valence-corrected chi connectivity index (χ0v) is 31.1. The Kier molecular flexibility index (Phi) is 16.1. The third-order valence-corrected chi connectivity index (χ3v) is 7.93. The highest BCUT2D eigenvalue weighted by atomic mass is 15.2. The van der Waals surface area contributed by atoms with E-state index in [1.807, 2.05) is 116 Å². The molecular formula is C47H53N3. The predicted molar refractivity (Wildman–Crippen MR) is 216 cm³/mol. The maximum atomic E-state index is 4.48. The van der Waals surface area contributed by atoms with Crippen LogP contribution in [0, 0.1) is 0 Å². The molecule has 0 spiro atoms. The quantitative estimate of drug-likeness (QED) is 0.204. The number of benzene rings is 6. The van der Waals surface area contributed by atoms with Gasteiger partial charge in [-0.2, -0.15) is 5.10 Å². The lowest BCUT2D eigenvalue weighted by molar-refractivity contribution is 0.768. The summed E-state index contributed by atoms with van der Waals surface area (Å²) in [5.74, 6) is 1.52. The molecular weight excluding hydrogens is 607 g/mol. The van der Waals surface area contributed by atoms with Crippen LogP contribution in [0.3, 0.4) is 0 Å². The lowest BCUT2D eigenvalue weighted by atomic mass is 9.68. The molecule has 1 heterocycles. The van der Waals surface area contributed by atoms with Gasteiger partial charge in [0.25, 0.3) is 0 Å². The molecule has 1 aliphatic carbocycles. The standard InChI is InChI=1S/C25H18.C14H11N3.4C2H6/c1-3-11-19(12-4-1)25(20-13-5-2-6-14-20)23-17-9-7-15-21(23)22-16-8-10-18-24(22)25;1-3-7-11(8-4-1)13-15-14(17-16-13)12-9-5-2-6-10-12;4*1-2/h1-18H;1-10H,(H,15,16,17);4*1-2H3. The Morgan fingerprint density at radius 3 is 1.14 bits per heavy atom. The fourth-order valence-corrected chi connectivity index (χ4v) is 6.10. The van der Waals surface area contributed by atoms with Gasteiger partial charge in [0.05, 0.1) is 5.41 Å². The Labute approximate surface area is 301 Å². The SMILES string of the molecule is CC.CC.CC.CC.c1ccc(-c2n[nH]c(-c3ccccc3)n2)cc1.c1ccc(C2(c3ccccc3)c3ccccc3-c3ccccc32)cc1. The highest BCUT2D eigenvalue weighted by Gasteiger charge is 2.45. The van der Waals surface area contributed by atoms with E-state index in [9.17, 15) is 0 Å². The van der Waals surface area contributed by atoms with Crippen LogP contribution < -0.4 is 0 Å². The predicted octanol–water partition coefficient (Wildman–Crippen LogP) is 13.3.